The Bertz CT molecular complexity index is 637. The zero-order valence-electron chi connectivity index (χ0n) is 15.0. The van der Waals surface area contributed by atoms with Gasteiger partial charge in [0.15, 0.2) is 0 Å². The molecule has 1 atom stereocenters. The number of thioether (sulfide) groups is 1. The number of benzene rings is 1. The van der Waals surface area contributed by atoms with E-state index in [4.69, 9.17) is 0 Å². The van der Waals surface area contributed by atoms with E-state index >= 15 is 0 Å². The van der Waals surface area contributed by atoms with Crippen LogP contribution in [0.3, 0.4) is 0 Å². The quantitative estimate of drug-likeness (QED) is 0.862. The lowest BCUT2D eigenvalue weighted by Gasteiger charge is -2.27. The van der Waals surface area contributed by atoms with Gasteiger partial charge in [-0.15, -0.1) is 0 Å². The maximum atomic E-state index is 13.3. The fourth-order valence-corrected chi connectivity index (χ4v) is 4.39. The minimum atomic E-state index is -0.322. The second-order valence-corrected chi connectivity index (χ2v) is 8.00. The molecule has 0 aromatic heterocycles. The molecule has 0 spiro atoms. The lowest BCUT2D eigenvalue weighted by Crippen LogP contribution is -2.43. The van der Waals surface area contributed by atoms with E-state index in [0.717, 1.165) is 24.5 Å². The molecule has 1 aromatic rings. The first kappa shape index (κ1) is 19.2. The van der Waals surface area contributed by atoms with E-state index in [0.29, 0.717) is 38.2 Å². The highest BCUT2D eigenvalue weighted by molar-refractivity contribution is 7.99. The van der Waals surface area contributed by atoms with Crippen molar-refractivity contribution in [1.29, 1.82) is 0 Å². The van der Waals surface area contributed by atoms with Crippen LogP contribution in [0.1, 0.15) is 18.4 Å². The Morgan fingerprint density at radius 3 is 2.62 bits per heavy atom. The molecule has 0 bridgehead atoms. The monoisotopic (exact) mass is 379 g/mol. The van der Waals surface area contributed by atoms with Gasteiger partial charge in [0.1, 0.15) is 5.82 Å². The largest absolute Gasteiger partial charge is 0.341 e. The summed E-state index contributed by atoms with van der Waals surface area (Å²) in [6.07, 6.45) is 1.52. The molecule has 2 fully saturated rings. The van der Waals surface area contributed by atoms with Gasteiger partial charge in [-0.05, 0) is 24.1 Å². The molecule has 1 aromatic carbocycles. The Morgan fingerprint density at radius 2 is 1.92 bits per heavy atom. The van der Waals surface area contributed by atoms with Crippen LogP contribution in [0.4, 0.5) is 4.39 Å². The fourth-order valence-electron chi connectivity index (χ4n) is 3.44. The van der Waals surface area contributed by atoms with Gasteiger partial charge in [0.25, 0.3) is 0 Å². The second kappa shape index (κ2) is 9.37. The molecule has 2 heterocycles. The van der Waals surface area contributed by atoms with Crippen LogP contribution in [-0.4, -0.2) is 71.9 Å². The molecule has 2 saturated heterocycles. The van der Waals surface area contributed by atoms with Crippen LogP contribution < -0.4 is 5.32 Å². The summed E-state index contributed by atoms with van der Waals surface area (Å²) < 4.78 is 13.3. The molecule has 5 nitrogen and oxygen atoms in total. The van der Waals surface area contributed by atoms with Crippen LogP contribution in [0.5, 0.6) is 0 Å². The Hall–Kier alpha value is -1.60. The number of amides is 2. The van der Waals surface area contributed by atoms with Gasteiger partial charge in [0.2, 0.25) is 11.8 Å². The van der Waals surface area contributed by atoms with Crippen LogP contribution in [0.2, 0.25) is 0 Å². The molecule has 2 amide bonds. The molecule has 0 saturated carbocycles. The number of carbonyl (C=O) groups is 2. The maximum Gasteiger partial charge on any atom is 0.227 e. The fraction of sp³-hybridized carbons (Fsp3) is 0.579. The first-order valence-electron chi connectivity index (χ1n) is 9.23. The van der Waals surface area contributed by atoms with Crippen molar-refractivity contribution in [2.45, 2.75) is 25.3 Å². The SMILES string of the molecule is O=C(Cc1cccc(F)c1)N1CCCN(C(=O)CC2CSCCN2)CC1. The van der Waals surface area contributed by atoms with Crippen molar-refractivity contribution in [3.05, 3.63) is 35.6 Å². The highest BCUT2D eigenvalue weighted by atomic mass is 32.2. The molecule has 2 aliphatic rings. The van der Waals surface area contributed by atoms with E-state index in [9.17, 15) is 14.0 Å². The number of carbonyl (C=O) groups excluding carboxylic acids is 2. The molecule has 0 radical (unpaired) electrons. The minimum Gasteiger partial charge on any atom is -0.341 e. The Morgan fingerprint density at radius 1 is 1.15 bits per heavy atom. The van der Waals surface area contributed by atoms with E-state index < -0.39 is 0 Å². The minimum absolute atomic E-state index is 0.00440. The van der Waals surface area contributed by atoms with E-state index in [1.165, 1.54) is 12.1 Å². The number of nitrogens with zero attached hydrogens (tertiary/aromatic N) is 2. The molecular formula is C19H26FN3O2S. The number of rotatable bonds is 4. The summed E-state index contributed by atoms with van der Waals surface area (Å²) in [7, 11) is 0. The molecule has 142 valence electrons. The standard InChI is InChI=1S/C19H26FN3O2S/c20-16-4-1-3-15(11-16)12-18(24)22-6-2-7-23(9-8-22)19(25)13-17-14-26-10-5-21-17/h1,3-4,11,17,21H,2,5-10,12-14H2. The van der Waals surface area contributed by atoms with Gasteiger partial charge in [0, 0.05) is 56.7 Å². The van der Waals surface area contributed by atoms with Crippen LogP contribution in [0.15, 0.2) is 24.3 Å². The third-order valence-corrected chi connectivity index (χ3v) is 6.00. The van der Waals surface area contributed by atoms with Crippen molar-refractivity contribution in [1.82, 2.24) is 15.1 Å². The van der Waals surface area contributed by atoms with E-state index in [-0.39, 0.29) is 30.1 Å². The predicted molar refractivity (Wildman–Crippen MR) is 102 cm³/mol. The first-order valence-corrected chi connectivity index (χ1v) is 10.4. The zero-order chi connectivity index (χ0) is 18.4. The van der Waals surface area contributed by atoms with Crippen molar-refractivity contribution >= 4 is 23.6 Å². The van der Waals surface area contributed by atoms with Crippen molar-refractivity contribution in [2.75, 3.05) is 44.2 Å². The van der Waals surface area contributed by atoms with Gasteiger partial charge in [-0.2, -0.15) is 11.8 Å². The molecular weight excluding hydrogens is 353 g/mol. The summed E-state index contributed by atoms with van der Waals surface area (Å²) in [6.45, 7) is 3.43. The van der Waals surface area contributed by atoms with Crippen molar-refractivity contribution in [2.24, 2.45) is 0 Å². The van der Waals surface area contributed by atoms with E-state index in [1.54, 1.807) is 17.0 Å². The summed E-state index contributed by atoms with van der Waals surface area (Å²) in [6, 6.07) is 6.43. The lowest BCUT2D eigenvalue weighted by atomic mass is 10.1. The highest BCUT2D eigenvalue weighted by Crippen LogP contribution is 2.14. The van der Waals surface area contributed by atoms with E-state index in [2.05, 4.69) is 5.32 Å². The number of nitrogens with one attached hydrogen (secondary N) is 1. The number of hydrogen-bond acceptors (Lipinski definition) is 4. The number of halogens is 1. The summed E-state index contributed by atoms with van der Waals surface area (Å²) in [4.78, 5) is 28.8. The average Bonchev–Trinajstić information content (AvgIpc) is 2.89. The molecule has 7 heteroatoms. The number of hydrogen-bond donors (Lipinski definition) is 1. The van der Waals surface area contributed by atoms with Crippen molar-refractivity contribution < 1.29 is 14.0 Å². The smallest absolute Gasteiger partial charge is 0.227 e. The molecule has 2 aliphatic heterocycles. The van der Waals surface area contributed by atoms with Gasteiger partial charge >= 0.3 is 0 Å². The summed E-state index contributed by atoms with van der Waals surface area (Å²) in [5, 5.41) is 3.40. The highest BCUT2D eigenvalue weighted by Gasteiger charge is 2.24. The van der Waals surface area contributed by atoms with Crippen molar-refractivity contribution in [3.8, 4) is 0 Å². The van der Waals surface area contributed by atoms with E-state index in [1.807, 2.05) is 16.7 Å². The van der Waals surface area contributed by atoms with Gasteiger partial charge in [-0.1, -0.05) is 12.1 Å². The second-order valence-electron chi connectivity index (χ2n) is 6.85. The molecule has 26 heavy (non-hydrogen) atoms. The average molecular weight is 380 g/mol. The topological polar surface area (TPSA) is 52.7 Å². The lowest BCUT2D eigenvalue weighted by molar-refractivity contribution is -0.133. The van der Waals surface area contributed by atoms with Crippen LogP contribution in [-0.2, 0) is 16.0 Å². The van der Waals surface area contributed by atoms with Gasteiger partial charge in [-0.25, -0.2) is 4.39 Å². The zero-order valence-corrected chi connectivity index (χ0v) is 15.8. The normalized spacial score (nSPS) is 21.3. The summed E-state index contributed by atoms with van der Waals surface area (Å²) in [5.41, 5.74) is 0.688. The van der Waals surface area contributed by atoms with Crippen LogP contribution in [0, 0.1) is 5.82 Å². The van der Waals surface area contributed by atoms with Crippen LogP contribution in [0.25, 0.3) is 0 Å². The summed E-state index contributed by atoms with van der Waals surface area (Å²) in [5.74, 6) is 1.94. The molecule has 3 rings (SSSR count). The molecule has 1 N–H and O–H groups in total. The third-order valence-electron chi connectivity index (χ3n) is 4.87. The predicted octanol–water partition coefficient (Wildman–Crippen LogP) is 1.52. The molecule has 1 unspecified atom stereocenters. The van der Waals surface area contributed by atoms with Crippen molar-refractivity contribution in [3.63, 3.8) is 0 Å². The third kappa shape index (κ3) is 5.45. The maximum absolute atomic E-state index is 13.3. The Kier molecular flexibility index (Phi) is 6.91. The van der Waals surface area contributed by atoms with Gasteiger partial charge in [0.05, 0.1) is 6.42 Å². The van der Waals surface area contributed by atoms with Crippen LogP contribution >= 0.6 is 11.8 Å². The first-order chi connectivity index (χ1) is 12.6. The van der Waals surface area contributed by atoms with Gasteiger partial charge in [-0.3, -0.25) is 9.59 Å². The Labute approximate surface area is 158 Å². The Balaban J connectivity index is 1.49. The summed E-state index contributed by atoms with van der Waals surface area (Å²) >= 11 is 1.89. The molecule has 0 aliphatic carbocycles. The van der Waals surface area contributed by atoms with Gasteiger partial charge < -0.3 is 15.1 Å².